The summed E-state index contributed by atoms with van der Waals surface area (Å²) in [5, 5.41) is 11.1. The van der Waals surface area contributed by atoms with E-state index in [1.54, 1.807) is 24.7 Å². The van der Waals surface area contributed by atoms with E-state index in [1.165, 1.54) is 0 Å². The molecule has 21 heavy (non-hydrogen) atoms. The Hall–Kier alpha value is -3.08. The smallest absolute Gasteiger partial charge is 0.354 e. The molecular formula is C16H10N2O3. The second kappa shape index (κ2) is 4.21. The predicted octanol–water partition coefficient (Wildman–Crippen LogP) is 3.67. The first-order chi connectivity index (χ1) is 10.2. The molecule has 1 aromatic carbocycles. The van der Waals surface area contributed by atoms with Crippen molar-refractivity contribution in [2.75, 3.05) is 0 Å². The molecule has 0 aliphatic rings. The van der Waals surface area contributed by atoms with Gasteiger partial charge in [-0.15, -0.1) is 0 Å². The van der Waals surface area contributed by atoms with E-state index in [4.69, 9.17) is 4.42 Å². The van der Waals surface area contributed by atoms with E-state index in [1.807, 2.05) is 24.3 Å². The molecule has 4 aromatic rings. The van der Waals surface area contributed by atoms with Crippen LogP contribution in [0.2, 0.25) is 0 Å². The Bertz CT molecular complexity index is 968. The summed E-state index contributed by atoms with van der Waals surface area (Å²) in [7, 11) is 0. The van der Waals surface area contributed by atoms with E-state index >= 15 is 0 Å². The molecule has 0 saturated carbocycles. The molecule has 0 saturated heterocycles. The van der Waals surface area contributed by atoms with Crippen molar-refractivity contribution < 1.29 is 14.3 Å². The number of benzene rings is 1. The van der Waals surface area contributed by atoms with Gasteiger partial charge in [0.15, 0.2) is 0 Å². The second-order valence-electron chi connectivity index (χ2n) is 4.77. The van der Waals surface area contributed by atoms with Gasteiger partial charge >= 0.3 is 5.97 Å². The lowest BCUT2D eigenvalue weighted by molar-refractivity contribution is 0.0691. The molecule has 0 radical (unpaired) electrons. The summed E-state index contributed by atoms with van der Waals surface area (Å²) in [5.41, 5.74) is 3.09. The number of para-hydroxylation sites is 1. The molecule has 0 spiro atoms. The van der Waals surface area contributed by atoms with E-state index in [9.17, 15) is 9.90 Å². The third kappa shape index (κ3) is 1.71. The summed E-state index contributed by atoms with van der Waals surface area (Å²) in [6, 6.07) is 11.1. The normalized spacial score (nSPS) is 11.2. The van der Waals surface area contributed by atoms with Crippen LogP contribution in [0.25, 0.3) is 33.1 Å². The Labute approximate surface area is 118 Å². The number of carboxylic acid groups (broad SMARTS) is 1. The molecule has 0 bridgehead atoms. The molecule has 0 unspecified atom stereocenters. The van der Waals surface area contributed by atoms with Crippen molar-refractivity contribution in [2.24, 2.45) is 0 Å². The second-order valence-corrected chi connectivity index (χ2v) is 4.77. The first-order valence-electron chi connectivity index (χ1n) is 6.41. The monoisotopic (exact) mass is 278 g/mol. The third-order valence-corrected chi connectivity index (χ3v) is 3.51. The highest BCUT2D eigenvalue weighted by atomic mass is 16.4. The van der Waals surface area contributed by atoms with Crippen LogP contribution in [0.4, 0.5) is 0 Å². The maximum absolute atomic E-state index is 11.3. The summed E-state index contributed by atoms with van der Waals surface area (Å²) in [4.78, 5) is 18.9. The van der Waals surface area contributed by atoms with Crippen LogP contribution in [-0.4, -0.2) is 21.0 Å². The van der Waals surface area contributed by atoms with Crippen LogP contribution in [0, 0.1) is 0 Å². The van der Waals surface area contributed by atoms with E-state index in [0.717, 1.165) is 27.4 Å². The SMILES string of the molecule is O=C(O)c1cc2c([nH]c3ccccc32)c(-c2ccoc2)n1. The van der Waals surface area contributed by atoms with Crippen molar-refractivity contribution in [2.45, 2.75) is 0 Å². The number of furan rings is 1. The van der Waals surface area contributed by atoms with Gasteiger partial charge in [0.1, 0.15) is 5.69 Å². The lowest BCUT2D eigenvalue weighted by atomic mass is 10.1. The fourth-order valence-electron chi connectivity index (χ4n) is 2.56. The molecule has 0 aliphatic heterocycles. The molecule has 3 heterocycles. The highest BCUT2D eigenvalue weighted by molar-refractivity contribution is 6.12. The van der Waals surface area contributed by atoms with Crippen LogP contribution >= 0.6 is 0 Å². The molecule has 0 amide bonds. The first-order valence-corrected chi connectivity index (χ1v) is 6.41. The number of rotatable bonds is 2. The van der Waals surface area contributed by atoms with Gasteiger partial charge in [0, 0.05) is 21.9 Å². The number of carbonyl (C=O) groups is 1. The predicted molar refractivity (Wildman–Crippen MR) is 78.3 cm³/mol. The molecule has 2 N–H and O–H groups in total. The van der Waals surface area contributed by atoms with Crippen LogP contribution in [-0.2, 0) is 0 Å². The van der Waals surface area contributed by atoms with Gasteiger partial charge in [-0.1, -0.05) is 18.2 Å². The number of nitrogens with one attached hydrogen (secondary N) is 1. The number of hydrogen-bond donors (Lipinski definition) is 2. The van der Waals surface area contributed by atoms with Gasteiger partial charge in [0.2, 0.25) is 0 Å². The maximum Gasteiger partial charge on any atom is 0.354 e. The van der Waals surface area contributed by atoms with Gasteiger partial charge in [-0.2, -0.15) is 0 Å². The average Bonchev–Trinajstić information content (AvgIpc) is 3.13. The van der Waals surface area contributed by atoms with Gasteiger partial charge in [0.25, 0.3) is 0 Å². The van der Waals surface area contributed by atoms with Gasteiger partial charge in [-0.25, -0.2) is 9.78 Å². The van der Waals surface area contributed by atoms with Crippen molar-refractivity contribution >= 4 is 27.8 Å². The highest BCUT2D eigenvalue weighted by Gasteiger charge is 2.16. The van der Waals surface area contributed by atoms with Crippen molar-refractivity contribution in [3.05, 3.63) is 54.6 Å². The lowest BCUT2D eigenvalue weighted by Crippen LogP contribution is -2.01. The maximum atomic E-state index is 11.3. The quantitative estimate of drug-likeness (QED) is 0.586. The summed E-state index contributed by atoms with van der Waals surface area (Å²) >= 11 is 0. The summed E-state index contributed by atoms with van der Waals surface area (Å²) in [6.45, 7) is 0. The minimum Gasteiger partial charge on any atom is -0.477 e. The number of aromatic carboxylic acids is 1. The fraction of sp³-hybridized carbons (Fsp3) is 0. The van der Waals surface area contributed by atoms with Crippen molar-refractivity contribution in [1.29, 1.82) is 0 Å². The molecule has 102 valence electrons. The molecule has 5 heteroatoms. The van der Waals surface area contributed by atoms with Crippen LogP contribution in [0.3, 0.4) is 0 Å². The van der Waals surface area contributed by atoms with Crippen molar-refractivity contribution in [3.63, 3.8) is 0 Å². The van der Waals surface area contributed by atoms with Gasteiger partial charge < -0.3 is 14.5 Å². The summed E-state index contributed by atoms with van der Waals surface area (Å²) < 4.78 is 5.09. The van der Waals surface area contributed by atoms with E-state index in [2.05, 4.69) is 9.97 Å². The Kier molecular flexibility index (Phi) is 2.35. The molecule has 3 aromatic heterocycles. The summed E-state index contributed by atoms with van der Waals surface area (Å²) in [5.74, 6) is -1.05. The van der Waals surface area contributed by atoms with Crippen LogP contribution in [0.15, 0.2) is 53.3 Å². The Morgan fingerprint density at radius 2 is 2.05 bits per heavy atom. The highest BCUT2D eigenvalue weighted by Crippen LogP contribution is 2.32. The number of fused-ring (bicyclic) bond motifs is 3. The number of nitrogens with zero attached hydrogens (tertiary/aromatic N) is 1. The van der Waals surface area contributed by atoms with E-state index < -0.39 is 5.97 Å². The molecule has 4 rings (SSSR count). The molecule has 5 nitrogen and oxygen atoms in total. The zero-order valence-electron chi connectivity index (χ0n) is 10.8. The number of pyridine rings is 1. The van der Waals surface area contributed by atoms with Crippen LogP contribution in [0.1, 0.15) is 10.5 Å². The zero-order valence-corrected chi connectivity index (χ0v) is 10.8. The Morgan fingerprint density at radius 3 is 2.81 bits per heavy atom. The number of aromatic nitrogens is 2. The van der Waals surface area contributed by atoms with Gasteiger partial charge in [0.05, 0.1) is 23.7 Å². The van der Waals surface area contributed by atoms with Crippen molar-refractivity contribution in [1.82, 2.24) is 9.97 Å². The lowest BCUT2D eigenvalue weighted by Gasteiger charge is -2.02. The minimum atomic E-state index is -1.05. The van der Waals surface area contributed by atoms with Gasteiger partial charge in [-0.05, 0) is 18.2 Å². The van der Waals surface area contributed by atoms with E-state index in [-0.39, 0.29) is 5.69 Å². The number of carboxylic acids is 1. The Balaban J connectivity index is 2.18. The first kappa shape index (κ1) is 11.7. The topological polar surface area (TPSA) is 79.1 Å². The zero-order chi connectivity index (χ0) is 14.4. The molecular weight excluding hydrogens is 268 g/mol. The largest absolute Gasteiger partial charge is 0.477 e. The molecule has 0 atom stereocenters. The van der Waals surface area contributed by atoms with Gasteiger partial charge in [-0.3, -0.25) is 0 Å². The van der Waals surface area contributed by atoms with Crippen LogP contribution in [0.5, 0.6) is 0 Å². The molecule has 0 aliphatic carbocycles. The molecule has 0 fully saturated rings. The van der Waals surface area contributed by atoms with Crippen LogP contribution < -0.4 is 0 Å². The fourth-order valence-corrected chi connectivity index (χ4v) is 2.56. The Morgan fingerprint density at radius 1 is 1.19 bits per heavy atom. The summed E-state index contributed by atoms with van der Waals surface area (Å²) in [6.07, 6.45) is 3.10. The third-order valence-electron chi connectivity index (χ3n) is 3.51. The number of hydrogen-bond acceptors (Lipinski definition) is 3. The van der Waals surface area contributed by atoms with E-state index in [0.29, 0.717) is 5.69 Å². The van der Waals surface area contributed by atoms with Crippen molar-refractivity contribution in [3.8, 4) is 11.3 Å². The standard InChI is InChI=1S/C16H10N2O3/c19-16(20)13-7-11-10-3-1-2-4-12(10)17-15(11)14(18-13)9-5-6-21-8-9/h1-8,17H,(H,19,20). The minimum absolute atomic E-state index is 0.0171. The number of aromatic amines is 1. The number of H-pyrrole nitrogens is 1. The average molecular weight is 278 g/mol.